The average Bonchev–Trinajstić information content (AvgIpc) is 2.50. The zero-order valence-electron chi connectivity index (χ0n) is 8.27. The Morgan fingerprint density at radius 1 is 1.25 bits per heavy atom. The van der Waals surface area contributed by atoms with Gasteiger partial charge in [-0.3, -0.25) is 0 Å². The van der Waals surface area contributed by atoms with E-state index in [0.29, 0.717) is 11.1 Å². The number of amidine groups is 1. The number of carbonyl (C=O) groups excluding carboxylic acids is 2. The minimum absolute atomic E-state index is 0.0315. The van der Waals surface area contributed by atoms with Crippen LogP contribution in [0.2, 0.25) is 0 Å². The molecule has 5 nitrogen and oxygen atoms in total. The van der Waals surface area contributed by atoms with E-state index >= 15 is 0 Å². The molecule has 0 spiro atoms. The second-order valence-electron chi connectivity index (χ2n) is 3.22. The molecule has 0 unspecified atom stereocenters. The molecule has 6 heteroatoms. The van der Waals surface area contributed by atoms with E-state index in [1.54, 1.807) is 24.3 Å². The van der Waals surface area contributed by atoms with Gasteiger partial charge in [-0.1, -0.05) is 0 Å². The second-order valence-corrected chi connectivity index (χ2v) is 5.29. The molecule has 1 aliphatic rings. The van der Waals surface area contributed by atoms with Gasteiger partial charge in [0, 0.05) is 0 Å². The Morgan fingerprint density at radius 3 is 2.19 bits per heavy atom. The van der Waals surface area contributed by atoms with Crippen molar-refractivity contribution >= 4 is 31.5 Å². The molecule has 0 saturated heterocycles. The molecule has 1 heterocycles. The molecule has 82 valence electrons. The molecule has 0 bridgehead atoms. The van der Waals surface area contributed by atoms with E-state index in [0.717, 1.165) is 4.90 Å². The third-order valence-electron chi connectivity index (χ3n) is 2.23. The SMILES string of the molecule is N=C(N)[Se]CN1C(=O)c2ccccc2C1=O. The monoisotopic (exact) mass is 283 g/mol. The number of hydrogen-bond acceptors (Lipinski definition) is 3. The van der Waals surface area contributed by atoms with Crippen LogP contribution in [0.25, 0.3) is 0 Å². The summed E-state index contributed by atoms with van der Waals surface area (Å²) in [5.74, 6) is -0.576. The molecule has 0 fully saturated rings. The number of hydrogen-bond donors (Lipinski definition) is 2. The van der Waals surface area contributed by atoms with Gasteiger partial charge >= 0.3 is 98.0 Å². The molecule has 1 aromatic carbocycles. The maximum absolute atomic E-state index is 11.8. The normalized spacial score (nSPS) is 14.1. The average molecular weight is 282 g/mol. The molecule has 0 atom stereocenters. The Morgan fingerprint density at radius 2 is 1.75 bits per heavy atom. The number of nitrogens with one attached hydrogen (secondary N) is 1. The van der Waals surface area contributed by atoms with Crippen molar-refractivity contribution in [3.8, 4) is 0 Å². The Bertz CT molecular complexity index is 452. The van der Waals surface area contributed by atoms with Crippen LogP contribution in [0.5, 0.6) is 0 Å². The van der Waals surface area contributed by atoms with E-state index in [1.807, 2.05) is 0 Å². The van der Waals surface area contributed by atoms with Crippen LogP contribution in [-0.4, -0.2) is 41.8 Å². The zero-order chi connectivity index (χ0) is 11.7. The van der Waals surface area contributed by atoms with Gasteiger partial charge in [-0.25, -0.2) is 0 Å². The van der Waals surface area contributed by atoms with Crippen LogP contribution in [0.4, 0.5) is 0 Å². The van der Waals surface area contributed by atoms with Crippen LogP contribution in [0.1, 0.15) is 20.7 Å². The summed E-state index contributed by atoms with van der Waals surface area (Å²) in [5.41, 5.74) is 6.33. The first kappa shape index (κ1) is 10.9. The van der Waals surface area contributed by atoms with E-state index in [-0.39, 0.29) is 36.9 Å². The van der Waals surface area contributed by atoms with E-state index < -0.39 is 0 Å². The first-order chi connectivity index (χ1) is 7.61. The summed E-state index contributed by atoms with van der Waals surface area (Å²) in [6.07, 6.45) is 0. The van der Waals surface area contributed by atoms with Crippen molar-refractivity contribution < 1.29 is 9.59 Å². The second kappa shape index (κ2) is 4.08. The number of benzene rings is 1. The fourth-order valence-corrected chi connectivity index (χ4v) is 2.55. The van der Waals surface area contributed by atoms with E-state index in [9.17, 15) is 9.59 Å². The van der Waals surface area contributed by atoms with Crippen LogP contribution in [-0.2, 0) is 0 Å². The summed E-state index contributed by atoms with van der Waals surface area (Å²) in [6, 6.07) is 6.72. The number of imide groups is 1. The molecule has 16 heavy (non-hydrogen) atoms. The summed E-state index contributed by atoms with van der Waals surface area (Å²) < 4.78 is 0.0315. The number of fused-ring (bicyclic) bond motifs is 1. The van der Waals surface area contributed by atoms with Crippen LogP contribution in [0, 0.1) is 5.41 Å². The first-order valence-corrected chi connectivity index (χ1v) is 6.60. The fourth-order valence-electron chi connectivity index (χ4n) is 1.49. The molecule has 2 amide bonds. The van der Waals surface area contributed by atoms with Gasteiger partial charge in [0.15, 0.2) is 0 Å². The Balaban J connectivity index is 2.25. The Labute approximate surface area is 98.3 Å². The van der Waals surface area contributed by atoms with Gasteiger partial charge < -0.3 is 0 Å². The standard InChI is InChI=1S/C10H9N3O2Se/c11-10(12)16-5-13-8(14)6-3-1-2-4-7(6)9(13)15/h1-4H,5H2,(H3,11,12). The molecular weight excluding hydrogens is 273 g/mol. The quantitative estimate of drug-likeness (QED) is 0.349. The molecule has 0 aliphatic carbocycles. The van der Waals surface area contributed by atoms with Gasteiger partial charge in [-0.05, 0) is 0 Å². The van der Waals surface area contributed by atoms with E-state index in [1.165, 1.54) is 0 Å². The van der Waals surface area contributed by atoms with Crippen molar-refractivity contribution in [1.82, 2.24) is 4.90 Å². The van der Waals surface area contributed by atoms with Gasteiger partial charge in [0.1, 0.15) is 0 Å². The number of nitrogens with two attached hydrogens (primary N) is 1. The van der Waals surface area contributed by atoms with Crippen molar-refractivity contribution in [3.05, 3.63) is 35.4 Å². The van der Waals surface area contributed by atoms with Gasteiger partial charge in [0.2, 0.25) is 0 Å². The van der Waals surface area contributed by atoms with Crippen LogP contribution in [0.15, 0.2) is 24.3 Å². The molecule has 3 N–H and O–H groups in total. The summed E-state index contributed by atoms with van der Waals surface area (Å²) in [7, 11) is 0. The van der Waals surface area contributed by atoms with Crippen molar-refractivity contribution in [3.63, 3.8) is 0 Å². The number of rotatable bonds is 3. The Hall–Kier alpha value is -1.65. The number of amides is 2. The molecule has 0 saturated carbocycles. The first-order valence-electron chi connectivity index (χ1n) is 4.53. The molecule has 0 aromatic heterocycles. The Kier molecular flexibility index (Phi) is 2.76. The van der Waals surface area contributed by atoms with Crippen LogP contribution < -0.4 is 5.73 Å². The van der Waals surface area contributed by atoms with E-state index in [4.69, 9.17) is 11.1 Å². The van der Waals surface area contributed by atoms with Crippen molar-refractivity contribution in [2.75, 3.05) is 5.44 Å². The molecular formula is C10H9N3O2Se. The summed E-state index contributed by atoms with van der Waals surface area (Å²) in [4.78, 5) is 24.8. The topological polar surface area (TPSA) is 87.2 Å². The third-order valence-corrected chi connectivity index (χ3v) is 3.69. The fraction of sp³-hybridized carbons (Fsp3) is 0.100. The van der Waals surface area contributed by atoms with Crippen molar-refractivity contribution in [2.45, 2.75) is 0 Å². The maximum atomic E-state index is 11.8. The molecule has 0 radical (unpaired) electrons. The van der Waals surface area contributed by atoms with Gasteiger partial charge in [0.25, 0.3) is 0 Å². The minimum atomic E-state index is -0.340. The predicted molar refractivity (Wildman–Crippen MR) is 59.5 cm³/mol. The molecule has 1 aliphatic heterocycles. The summed E-state index contributed by atoms with van der Waals surface area (Å²) >= 11 is -0.340. The van der Waals surface area contributed by atoms with Crippen molar-refractivity contribution in [2.24, 2.45) is 5.73 Å². The molecule has 1 aromatic rings. The van der Waals surface area contributed by atoms with Crippen molar-refractivity contribution in [1.29, 1.82) is 5.41 Å². The van der Waals surface area contributed by atoms with Gasteiger partial charge in [-0.2, -0.15) is 0 Å². The zero-order valence-corrected chi connectivity index (χ0v) is 9.98. The molecule has 2 rings (SSSR count). The third kappa shape index (κ3) is 1.73. The van der Waals surface area contributed by atoms with Crippen LogP contribution in [0.3, 0.4) is 0 Å². The van der Waals surface area contributed by atoms with Crippen LogP contribution >= 0.6 is 0 Å². The summed E-state index contributed by atoms with van der Waals surface area (Å²) in [6.45, 7) is 0. The van der Waals surface area contributed by atoms with Gasteiger partial charge in [-0.15, -0.1) is 0 Å². The predicted octanol–water partition coefficient (Wildman–Crippen LogP) is -0.162. The van der Waals surface area contributed by atoms with E-state index in [2.05, 4.69) is 0 Å². The number of nitrogens with zero attached hydrogens (tertiary/aromatic N) is 1. The van der Waals surface area contributed by atoms with Gasteiger partial charge in [0.05, 0.1) is 0 Å². The number of carbonyl (C=O) groups is 2. The summed E-state index contributed by atoms with van der Waals surface area (Å²) in [5, 5.41) is 7.11.